The van der Waals surface area contributed by atoms with E-state index < -0.39 is 0 Å². The Kier molecular flexibility index (Phi) is 30.5. The normalized spacial score (nSPS) is 16.2. The Hall–Kier alpha value is 0. The van der Waals surface area contributed by atoms with E-state index in [-0.39, 0.29) is 22.3 Å². The SMILES string of the molecule is C.C.C.CC.CC(C)(C)C.CC1CC1.CC1CCCC1. The maximum Gasteiger partial charge on any atom is -0.0411 e. The van der Waals surface area contributed by atoms with Crippen molar-refractivity contribution in [3.05, 3.63) is 0 Å². The molecule has 2 rings (SSSR count). The van der Waals surface area contributed by atoms with E-state index >= 15 is 0 Å². The van der Waals surface area contributed by atoms with E-state index in [1.165, 1.54) is 38.5 Å². The maximum atomic E-state index is 2.34. The number of rotatable bonds is 0. The van der Waals surface area contributed by atoms with Crippen molar-refractivity contribution in [2.45, 2.75) is 116 Å². The van der Waals surface area contributed by atoms with Crippen molar-refractivity contribution < 1.29 is 0 Å². The van der Waals surface area contributed by atoms with E-state index in [1.807, 2.05) is 13.8 Å². The van der Waals surface area contributed by atoms with E-state index in [0.717, 1.165) is 11.8 Å². The smallest absolute Gasteiger partial charge is 0.0411 e. The molecule has 0 N–H and O–H groups in total. The van der Waals surface area contributed by atoms with Gasteiger partial charge in [-0.05, 0) is 17.3 Å². The number of hydrogen-bond acceptors (Lipinski definition) is 0. The molecule has 2 saturated carbocycles. The fourth-order valence-corrected chi connectivity index (χ4v) is 1.30. The van der Waals surface area contributed by atoms with Crippen molar-refractivity contribution in [3.63, 3.8) is 0 Å². The summed E-state index contributed by atoms with van der Waals surface area (Å²) < 4.78 is 0. The molecule has 0 spiro atoms. The third kappa shape index (κ3) is 52.0. The number of hydrogen-bond donors (Lipinski definition) is 0. The minimum absolute atomic E-state index is 0. The molecular weight excluding hydrogens is 240 g/mol. The quantitative estimate of drug-likeness (QED) is 0.419. The molecule has 130 valence electrons. The third-order valence-electron chi connectivity index (χ3n) is 2.51. The molecule has 0 heterocycles. The summed E-state index contributed by atoms with van der Waals surface area (Å²) in [4.78, 5) is 0. The zero-order chi connectivity index (χ0) is 13.9. The largest absolute Gasteiger partial charge is 0.0776 e. The van der Waals surface area contributed by atoms with Gasteiger partial charge in [0.05, 0.1) is 0 Å². The van der Waals surface area contributed by atoms with Crippen LogP contribution in [0.1, 0.15) is 116 Å². The molecular formula is C20H50. The third-order valence-corrected chi connectivity index (χ3v) is 2.51. The fraction of sp³-hybridized carbons (Fsp3) is 1.00. The molecule has 0 heteroatoms. The molecule has 2 aliphatic rings. The molecule has 2 fully saturated rings. The first-order valence-electron chi connectivity index (χ1n) is 7.79. The topological polar surface area (TPSA) is 0 Å². The van der Waals surface area contributed by atoms with Gasteiger partial charge in [-0.1, -0.05) is 116 Å². The molecule has 20 heavy (non-hydrogen) atoms. The fourth-order valence-electron chi connectivity index (χ4n) is 1.30. The monoisotopic (exact) mass is 290 g/mol. The highest BCUT2D eigenvalue weighted by molar-refractivity contribution is 4.65. The van der Waals surface area contributed by atoms with Crippen LogP contribution in [0.5, 0.6) is 0 Å². The second-order valence-corrected chi connectivity index (χ2v) is 7.07. The zero-order valence-corrected chi connectivity index (χ0v) is 13.9. The second-order valence-electron chi connectivity index (χ2n) is 7.07. The van der Waals surface area contributed by atoms with Gasteiger partial charge in [-0.15, -0.1) is 0 Å². The summed E-state index contributed by atoms with van der Waals surface area (Å²) in [6.45, 7) is 17.4. The highest BCUT2D eigenvalue weighted by Gasteiger charge is 2.12. The molecule has 0 saturated heterocycles. The van der Waals surface area contributed by atoms with Crippen LogP contribution < -0.4 is 0 Å². The molecule has 0 radical (unpaired) electrons. The van der Waals surface area contributed by atoms with Gasteiger partial charge in [0.25, 0.3) is 0 Å². The first-order valence-corrected chi connectivity index (χ1v) is 7.79. The van der Waals surface area contributed by atoms with Crippen LogP contribution in [0.4, 0.5) is 0 Å². The van der Waals surface area contributed by atoms with Gasteiger partial charge >= 0.3 is 0 Å². The van der Waals surface area contributed by atoms with Gasteiger partial charge in [0.1, 0.15) is 0 Å². The minimum Gasteiger partial charge on any atom is -0.0776 e. The summed E-state index contributed by atoms with van der Waals surface area (Å²) in [6, 6.07) is 0. The van der Waals surface area contributed by atoms with Crippen LogP contribution in [0.2, 0.25) is 0 Å². The van der Waals surface area contributed by atoms with Gasteiger partial charge < -0.3 is 0 Å². The van der Waals surface area contributed by atoms with Crippen molar-refractivity contribution in [3.8, 4) is 0 Å². The van der Waals surface area contributed by atoms with E-state index in [9.17, 15) is 0 Å². The van der Waals surface area contributed by atoms with Crippen LogP contribution in [-0.4, -0.2) is 0 Å². The highest BCUT2D eigenvalue weighted by Crippen LogP contribution is 2.26. The first kappa shape index (κ1) is 32.1. The van der Waals surface area contributed by atoms with Crippen LogP contribution in [0.25, 0.3) is 0 Å². The highest BCUT2D eigenvalue weighted by atomic mass is 14.2. The predicted octanol–water partition coefficient (Wildman–Crippen LogP) is 8.60. The van der Waals surface area contributed by atoms with Crippen molar-refractivity contribution >= 4 is 0 Å². The van der Waals surface area contributed by atoms with Crippen LogP contribution >= 0.6 is 0 Å². The lowest BCUT2D eigenvalue weighted by atomic mass is 10.0. The van der Waals surface area contributed by atoms with E-state index in [0.29, 0.717) is 5.41 Å². The summed E-state index contributed by atoms with van der Waals surface area (Å²) in [5.41, 5.74) is 0.500. The Balaban J connectivity index is -0.0000000500. The maximum absolute atomic E-state index is 2.34. The second kappa shape index (κ2) is 19.0. The van der Waals surface area contributed by atoms with Gasteiger partial charge in [-0.3, -0.25) is 0 Å². The lowest BCUT2D eigenvalue weighted by Crippen LogP contribution is -1.93. The van der Waals surface area contributed by atoms with Gasteiger partial charge in [0, 0.05) is 0 Å². The Morgan fingerprint density at radius 1 is 0.600 bits per heavy atom. The molecule has 0 aromatic carbocycles. The van der Waals surface area contributed by atoms with Gasteiger partial charge in [-0.25, -0.2) is 0 Å². The van der Waals surface area contributed by atoms with Crippen molar-refractivity contribution in [1.29, 1.82) is 0 Å². The molecule has 0 atom stereocenters. The van der Waals surface area contributed by atoms with Crippen LogP contribution in [0, 0.1) is 17.3 Å². The molecule has 0 aliphatic heterocycles. The zero-order valence-electron chi connectivity index (χ0n) is 13.9. The van der Waals surface area contributed by atoms with Crippen LogP contribution in [0.3, 0.4) is 0 Å². The molecule has 0 unspecified atom stereocenters. The standard InChI is InChI=1S/C6H12.C5H12.C4H8.C2H6.3CH4/c1-6-4-2-3-5-6;1-5(2,3)4;1-4-2-3-4;1-2;;;/h6H,2-5H2,1H3;1-4H3;4H,2-3H2,1H3;1-2H3;3*1H4. The summed E-state index contributed by atoms with van der Waals surface area (Å²) in [6.07, 6.45) is 8.92. The average molecular weight is 291 g/mol. The summed E-state index contributed by atoms with van der Waals surface area (Å²) >= 11 is 0. The molecule has 0 aromatic heterocycles. The first-order chi connectivity index (χ1) is 7.79. The van der Waals surface area contributed by atoms with Crippen molar-refractivity contribution in [1.82, 2.24) is 0 Å². The molecule has 0 nitrogen and oxygen atoms in total. The van der Waals surface area contributed by atoms with Crippen molar-refractivity contribution in [2.24, 2.45) is 17.3 Å². The Morgan fingerprint density at radius 3 is 0.850 bits per heavy atom. The molecule has 0 bridgehead atoms. The predicted molar refractivity (Wildman–Crippen MR) is 103 cm³/mol. The van der Waals surface area contributed by atoms with E-state index in [2.05, 4.69) is 41.5 Å². The van der Waals surface area contributed by atoms with Crippen LogP contribution in [-0.2, 0) is 0 Å². The molecule has 0 amide bonds. The van der Waals surface area contributed by atoms with Crippen LogP contribution in [0.15, 0.2) is 0 Å². The van der Waals surface area contributed by atoms with Gasteiger partial charge in [0.2, 0.25) is 0 Å². The molecule has 0 aromatic rings. The van der Waals surface area contributed by atoms with Gasteiger partial charge in [-0.2, -0.15) is 0 Å². The van der Waals surface area contributed by atoms with E-state index in [4.69, 9.17) is 0 Å². The minimum atomic E-state index is 0. The summed E-state index contributed by atoms with van der Waals surface area (Å²) in [5.74, 6) is 2.13. The lowest BCUT2D eigenvalue weighted by Gasteiger charge is -2.05. The lowest BCUT2D eigenvalue weighted by molar-refractivity contribution is 0.469. The van der Waals surface area contributed by atoms with Crippen molar-refractivity contribution in [2.75, 3.05) is 0 Å². The van der Waals surface area contributed by atoms with E-state index in [1.54, 1.807) is 0 Å². The summed E-state index contributed by atoms with van der Waals surface area (Å²) in [5, 5.41) is 0. The Labute approximate surface area is 134 Å². The summed E-state index contributed by atoms with van der Waals surface area (Å²) in [7, 11) is 0. The Morgan fingerprint density at radius 2 is 0.800 bits per heavy atom. The average Bonchev–Trinajstić information content (AvgIpc) is 2.82. The van der Waals surface area contributed by atoms with Gasteiger partial charge in [0.15, 0.2) is 0 Å². The molecule has 2 aliphatic carbocycles. The Bertz CT molecular complexity index is 125.